The highest BCUT2D eigenvalue weighted by molar-refractivity contribution is 9.09. The fourth-order valence-electron chi connectivity index (χ4n) is 4.52. The minimum absolute atomic E-state index is 0.0775. The summed E-state index contributed by atoms with van der Waals surface area (Å²) in [7, 11) is 0. The van der Waals surface area contributed by atoms with Gasteiger partial charge in [0.15, 0.2) is 0 Å². The van der Waals surface area contributed by atoms with Crippen LogP contribution < -0.4 is 0 Å². The van der Waals surface area contributed by atoms with Crippen molar-refractivity contribution in [1.82, 2.24) is 0 Å². The minimum atomic E-state index is -0.0775. The molecule has 0 amide bonds. The van der Waals surface area contributed by atoms with Crippen LogP contribution in [0, 0.1) is 23.7 Å². The van der Waals surface area contributed by atoms with Gasteiger partial charge in [0.25, 0.3) is 0 Å². The van der Waals surface area contributed by atoms with E-state index in [0.717, 1.165) is 12.3 Å². The molecule has 2 nitrogen and oxygen atoms in total. The number of aliphatic hydroxyl groups is 1. The lowest BCUT2D eigenvalue weighted by atomic mass is 9.81. The van der Waals surface area contributed by atoms with Crippen molar-refractivity contribution in [1.29, 1.82) is 0 Å². The predicted octanol–water partition coefficient (Wildman–Crippen LogP) is 1.16. The van der Waals surface area contributed by atoms with E-state index in [9.17, 15) is 5.11 Å². The average molecular weight is 245 g/mol. The van der Waals surface area contributed by atoms with Gasteiger partial charge in [0.2, 0.25) is 0 Å². The van der Waals surface area contributed by atoms with Crippen molar-refractivity contribution >= 4 is 15.9 Å². The molecule has 72 valence electrons. The fraction of sp³-hybridized carbons (Fsp3) is 1.00. The van der Waals surface area contributed by atoms with Gasteiger partial charge in [-0.25, -0.2) is 0 Å². The van der Waals surface area contributed by atoms with Gasteiger partial charge in [-0.05, 0) is 30.1 Å². The molecule has 1 saturated heterocycles. The van der Waals surface area contributed by atoms with Crippen molar-refractivity contribution in [3.8, 4) is 0 Å². The summed E-state index contributed by atoms with van der Waals surface area (Å²) in [4.78, 5) is 0.527. The Morgan fingerprint density at radius 3 is 2.85 bits per heavy atom. The molecule has 0 spiro atoms. The zero-order chi connectivity index (χ0) is 8.74. The summed E-state index contributed by atoms with van der Waals surface area (Å²) >= 11 is 3.74. The van der Waals surface area contributed by atoms with Crippen LogP contribution in [-0.4, -0.2) is 28.2 Å². The van der Waals surface area contributed by atoms with Crippen molar-refractivity contribution in [2.75, 3.05) is 0 Å². The van der Waals surface area contributed by atoms with E-state index in [2.05, 4.69) is 15.9 Å². The summed E-state index contributed by atoms with van der Waals surface area (Å²) in [5, 5.41) is 9.93. The smallest absolute Gasteiger partial charge is 0.0738 e. The number of aliphatic hydroxyl groups excluding tert-OH is 1. The first-order chi connectivity index (χ1) is 6.27. The Morgan fingerprint density at radius 2 is 2.00 bits per heavy atom. The first-order valence-electron chi connectivity index (χ1n) is 5.25. The summed E-state index contributed by atoms with van der Waals surface area (Å²) in [6.45, 7) is 0. The summed E-state index contributed by atoms with van der Waals surface area (Å²) in [6.07, 6.45) is 2.99. The standard InChI is InChI=1S/C10H13BrO2/c11-9-3-1-4-8-6(13-10(4)9)2-5(12)7(3)8/h3-10,12H,1-2H2/t3-,4+,5-,6-,7+,8-,9-,10-/m0/s1. The number of alkyl halides is 1. The first-order valence-corrected chi connectivity index (χ1v) is 6.16. The van der Waals surface area contributed by atoms with E-state index in [1.165, 1.54) is 6.42 Å². The van der Waals surface area contributed by atoms with Gasteiger partial charge < -0.3 is 9.84 Å². The van der Waals surface area contributed by atoms with Crippen molar-refractivity contribution in [3.63, 3.8) is 0 Å². The topological polar surface area (TPSA) is 29.5 Å². The molecule has 3 saturated carbocycles. The van der Waals surface area contributed by atoms with E-state index in [-0.39, 0.29) is 6.10 Å². The summed E-state index contributed by atoms with van der Waals surface area (Å²) < 4.78 is 6.01. The molecule has 0 aromatic carbocycles. The Balaban J connectivity index is 1.85. The van der Waals surface area contributed by atoms with Gasteiger partial charge in [0, 0.05) is 11.2 Å². The molecule has 13 heavy (non-hydrogen) atoms. The number of rotatable bonds is 0. The Kier molecular flexibility index (Phi) is 1.26. The SMILES string of the molecule is O[C@H]1C[C@@H]2O[C@@H]3[C@@H](Br)[C@H]4C[C@@H]3[C@@H]2[C@H]41. The van der Waals surface area contributed by atoms with Crippen LogP contribution in [0.3, 0.4) is 0 Å². The molecule has 2 bridgehead atoms. The Hall–Kier alpha value is 0.400. The number of fused-ring (bicyclic) bond motifs is 2. The van der Waals surface area contributed by atoms with Crippen LogP contribution in [-0.2, 0) is 4.74 Å². The molecule has 1 aliphatic heterocycles. The zero-order valence-corrected chi connectivity index (χ0v) is 8.85. The fourth-order valence-corrected chi connectivity index (χ4v) is 5.60. The summed E-state index contributed by atoms with van der Waals surface area (Å²) in [5.41, 5.74) is 0. The van der Waals surface area contributed by atoms with Crippen LogP contribution in [0.25, 0.3) is 0 Å². The van der Waals surface area contributed by atoms with Gasteiger partial charge in [-0.1, -0.05) is 15.9 Å². The molecule has 0 radical (unpaired) electrons. The van der Waals surface area contributed by atoms with Gasteiger partial charge in [0.05, 0.1) is 18.3 Å². The second-order valence-corrected chi connectivity index (χ2v) is 6.16. The molecular weight excluding hydrogens is 232 g/mol. The molecule has 0 unspecified atom stereocenters. The number of hydrogen-bond donors (Lipinski definition) is 1. The van der Waals surface area contributed by atoms with E-state index in [0.29, 0.717) is 34.8 Å². The quantitative estimate of drug-likeness (QED) is 0.649. The lowest BCUT2D eigenvalue weighted by molar-refractivity contribution is 0.00972. The maximum absolute atomic E-state index is 9.93. The maximum Gasteiger partial charge on any atom is 0.0738 e. The summed E-state index contributed by atoms with van der Waals surface area (Å²) in [5.74, 6) is 2.72. The minimum Gasteiger partial charge on any atom is -0.393 e. The van der Waals surface area contributed by atoms with Gasteiger partial charge in [-0.3, -0.25) is 0 Å². The first kappa shape index (κ1) is 7.66. The largest absolute Gasteiger partial charge is 0.393 e. The third-order valence-electron chi connectivity index (χ3n) is 4.80. The van der Waals surface area contributed by atoms with Crippen LogP contribution in [0.4, 0.5) is 0 Å². The molecule has 1 N–H and O–H groups in total. The highest BCUT2D eigenvalue weighted by Crippen LogP contribution is 2.66. The Labute approximate surface area is 85.8 Å². The van der Waals surface area contributed by atoms with Crippen LogP contribution in [0.1, 0.15) is 12.8 Å². The van der Waals surface area contributed by atoms with Crippen LogP contribution in [0.15, 0.2) is 0 Å². The molecule has 4 rings (SSSR count). The van der Waals surface area contributed by atoms with Crippen LogP contribution in [0.5, 0.6) is 0 Å². The second kappa shape index (κ2) is 2.15. The van der Waals surface area contributed by atoms with E-state index in [1.54, 1.807) is 0 Å². The van der Waals surface area contributed by atoms with Gasteiger partial charge in [-0.15, -0.1) is 0 Å². The third kappa shape index (κ3) is 0.680. The Morgan fingerprint density at radius 1 is 1.15 bits per heavy atom. The highest BCUT2D eigenvalue weighted by atomic mass is 79.9. The van der Waals surface area contributed by atoms with Crippen molar-refractivity contribution in [2.45, 2.75) is 36.0 Å². The van der Waals surface area contributed by atoms with E-state index >= 15 is 0 Å². The van der Waals surface area contributed by atoms with Crippen molar-refractivity contribution in [2.24, 2.45) is 23.7 Å². The lowest BCUT2D eigenvalue weighted by Gasteiger charge is -2.30. The molecule has 0 aromatic heterocycles. The molecule has 1 heterocycles. The molecular formula is C10H13BrO2. The monoisotopic (exact) mass is 244 g/mol. The number of ether oxygens (including phenoxy) is 1. The van der Waals surface area contributed by atoms with Crippen molar-refractivity contribution in [3.05, 3.63) is 0 Å². The van der Waals surface area contributed by atoms with Gasteiger partial charge >= 0.3 is 0 Å². The number of hydrogen-bond acceptors (Lipinski definition) is 2. The summed E-state index contributed by atoms with van der Waals surface area (Å²) in [6, 6.07) is 0. The zero-order valence-electron chi connectivity index (χ0n) is 7.27. The molecule has 3 aliphatic carbocycles. The highest BCUT2D eigenvalue weighted by Gasteiger charge is 2.69. The number of halogens is 1. The van der Waals surface area contributed by atoms with Crippen molar-refractivity contribution < 1.29 is 9.84 Å². The molecule has 8 atom stereocenters. The molecule has 3 heteroatoms. The maximum atomic E-state index is 9.93. The van der Waals surface area contributed by atoms with E-state index in [4.69, 9.17) is 4.74 Å². The normalized spacial score (nSPS) is 72.5. The van der Waals surface area contributed by atoms with Gasteiger partial charge in [-0.2, -0.15) is 0 Å². The van der Waals surface area contributed by atoms with Gasteiger partial charge in [0.1, 0.15) is 0 Å². The second-order valence-electron chi connectivity index (χ2n) is 5.10. The predicted molar refractivity (Wildman–Crippen MR) is 50.6 cm³/mol. The molecule has 0 aromatic rings. The average Bonchev–Trinajstić information content (AvgIpc) is 2.69. The van der Waals surface area contributed by atoms with Crippen LogP contribution >= 0.6 is 15.9 Å². The Bertz CT molecular complexity index is 270. The molecule has 4 fully saturated rings. The van der Waals surface area contributed by atoms with E-state index in [1.807, 2.05) is 0 Å². The molecule has 4 aliphatic rings. The third-order valence-corrected chi connectivity index (χ3v) is 6.00. The lowest BCUT2D eigenvalue weighted by Crippen LogP contribution is -2.37. The van der Waals surface area contributed by atoms with Crippen LogP contribution in [0.2, 0.25) is 0 Å². The van der Waals surface area contributed by atoms with E-state index < -0.39 is 0 Å².